The van der Waals surface area contributed by atoms with Gasteiger partial charge < -0.3 is 35.0 Å². The van der Waals surface area contributed by atoms with Crippen molar-refractivity contribution in [3.05, 3.63) is 47.5 Å². The highest BCUT2D eigenvalue weighted by Gasteiger charge is 2.24. The Kier molecular flexibility index (Phi) is 7.08. The molecule has 0 fully saturated rings. The molecule has 2 atom stereocenters. The van der Waals surface area contributed by atoms with Crippen molar-refractivity contribution in [2.75, 3.05) is 20.3 Å². The van der Waals surface area contributed by atoms with E-state index in [0.717, 1.165) is 5.56 Å². The van der Waals surface area contributed by atoms with Crippen molar-refractivity contribution in [2.45, 2.75) is 25.0 Å². The Morgan fingerprint density at radius 3 is 2.35 bits per heavy atom. The van der Waals surface area contributed by atoms with E-state index in [2.05, 4.69) is 0 Å². The van der Waals surface area contributed by atoms with Crippen molar-refractivity contribution < 1.29 is 35.0 Å². The Hall–Kier alpha value is -2.48. The Morgan fingerprint density at radius 1 is 0.962 bits per heavy atom. The normalized spacial score (nSPS) is 13.2. The number of aromatic hydroxyl groups is 2. The van der Waals surface area contributed by atoms with Gasteiger partial charge in [0.2, 0.25) is 0 Å². The summed E-state index contributed by atoms with van der Waals surface area (Å²) >= 11 is 0. The minimum absolute atomic E-state index is 0.0634. The third-order valence-electron chi connectivity index (χ3n) is 4.00. The van der Waals surface area contributed by atoms with Gasteiger partial charge in [-0.2, -0.15) is 0 Å². The molecule has 0 aliphatic carbocycles. The van der Waals surface area contributed by atoms with Gasteiger partial charge in [-0.1, -0.05) is 12.1 Å². The summed E-state index contributed by atoms with van der Waals surface area (Å²) in [6.07, 6.45) is -1.04. The molecule has 0 aromatic heterocycles. The number of aliphatic hydroxyl groups is 3. The highest BCUT2D eigenvalue weighted by molar-refractivity contribution is 5.44. The highest BCUT2D eigenvalue weighted by Crippen LogP contribution is 2.33. The van der Waals surface area contributed by atoms with E-state index in [-0.39, 0.29) is 29.6 Å². The number of aliphatic hydroxyl groups excluding tert-OH is 3. The molecule has 142 valence electrons. The SMILES string of the molecule is COc1cc([C@@H](O)[C@H](CO)Oc2ccc(CCCO)cc2O)ccc1O. The number of benzene rings is 2. The van der Waals surface area contributed by atoms with E-state index in [1.807, 2.05) is 0 Å². The van der Waals surface area contributed by atoms with Crippen LogP contribution in [0.1, 0.15) is 23.7 Å². The molecule has 0 bridgehead atoms. The Balaban J connectivity index is 2.15. The quantitative estimate of drug-likeness (QED) is 0.457. The van der Waals surface area contributed by atoms with E-state index in [1.54, 1.807) is 12.1 Å². The van der Waals surface area contributed by atoms with Crippen molar-refractivity contribution in [1.82, 2.24) is 0 Å². The van der Waals surface area contributed by atoms with Crippen LogP contribution >= 0.6 is 0 Å². The molecule has 2 rings (SSSR count). The molecule has 0 radical (unpaired) electrons. The lowest BCUT2D eigenvalue weighted by molar-refractivity contribution is -0.000499. The Bertz CT molecular complexity index is 717. The monoisotopic (exact) mass is 364 g/mol. The van der Waals surface area contributed by atoms with E-state index in [1.165, 1.54) is 31.4 Å². The van der Waals surface area contributed by atoms with Crippen LogP contribution in [0.5, 0.6) is 23.0 Å². The first-order valence-electron chi connectivity index (χ1n) is 8.25. The Labute approximate surface area is 151 Å². The third kappa shape index (κ3) is 4.78. The van der Waals surface area contributed by atoms with Gasteiger partial charge in [0.1, 0.15) is 6.10 Å². The molecule has 0 aliphatic rings. The predicted molar refractivity (Wildman–Crippen MR) is 94.6 cm³/mol. The molecule has 0 spiro atoms. The van der Waals surface area contributed by atoms with Gasteiger partial charge >= 0.3 is 0 Å². The number of phenols is 2. The van der Waals surface area contributed by atoms with Crippen LogP contribution in [0.2, 0.25) is 0 Å². The summed E-state index contributed by atoms with van der Waals surface area (Å²) in [5, 5.41) is 48.7. The lowest BCUT2D eigenvalue weighted by Gasteiger charge is -2.23. The van der Waals surface area contributed by atoms with Crippen molar-refractivity contribution >= 4 is 0 Å². The van der Waals surface area contributed by atoms with Crippen molar-refractivity contribution in [1.29, 1.82) is 0 Å². The van der Waals surface area contributed by atoms with Gasteiger partial charge in [-0.25, -0.2) is 0 Å². The second-order valence-electron chi connectivity index (χ2n) is 5.84. The molecule has 0 unspecified atom stereocenters. The van der Waals surface area contributed by atoms with Crippen LogP contribution in [0.15, 0.2) is 36.4 Å². The Morgan fingerprint density at radius 2 is 1.73 bits per heavy atom. The van der Waals surface area contributed by atoms with Crippen LogP contribution in [0, 0.1) is 0 Å². The van der Waals surface area contributed by atoms with Crippen LogP contribution in [0.4, 0.5) is 0 Å². The molecule has 0 saturated heterocycles. The number of aryl methyl sites for hydroxylation is 1. The summed E-state index contributed by atoms with van der Waals surface area (Å²) in [5.74, 6) is 0.131. The van der Waals surface area contributed by atoms with E-state index in [9.17, 15) is 20.4 Å². The summed E-state index contributed by atoms with van der Waals surface area (Å²) < 4.78 is 10.6. The first-order valence-corrected chi connectivity index (χ1v) is 8.25. The first-order chi connectivity index (χ1) is 12.5. The summed E-state index contributed by atoms with van der Waals surface area (Å²) in [4.78, 5) is 0. The maximum Gasteiger partial charge on any atom is 0.161 e. The minimum Gasteiger partial charge on any atom is -0.504 e. The topological polar surface area (TPSA) is 120 Å². The average molecular weight is 364 g/mol. The molecule has 7 nitrogen and oxygen atoms in total. The summed E-state index contributed by atoms with van der Waals surface area (Å²) in [5.41, 5.74) is 1.23. The van der Waals surface area contributed by atoms with E-state index in [4.69, 9.17) is 14.6 Å². The van der Waals surface area contributed by atoms with Crippen molar-refractivity contribution in [3.63, 3.8) is 0 Å². The fourth-order valence-corrected chi connectivity index (χ4v) is 2.56. The zero-order chi connectivity index (χ0) is 19.1. The predicted octanol–water partition coefficient (Wildman–Crippen LogP) is 1.50. The number of hydrogen-bond donors (Lipinski definition) is 5. The summed E-state index contributed by atoms with van der Waals surface area (Å²) in [6, 6.07) is 9.13. The number of rotatable bonds is 9. The fraction of sp³-hybridized carbons (Fsp3) is 0.368. The minimum atomic E-state index is -1.21. The van der Waals surface area contributed by atoms with Crippen LogP contribution in [-0.2, 0) is 6.42 Å². The highest BCUT2D eigenvalue weighted by atomic mass is 16.5. The molecule has 2 aromatic carbocycles. The van der Waals surface area contributed by atoms with Gasteiger partial charge in [0.05, 0.1) is 13.7 Å². The number of methoxy groups -OCH3 is 1. The molecular formula is C19H24O7. The zero-order valence-corrected chi connectivity index (χ0v) is 14.5. The van der Waals surface area contributed by atoms with Crippen LogP contribution in [0.3, 0.4) is 0 Å². The molecule has 0 aliphatic heterocycles. The lowest BCUT2D eigenvalue weighted by Crippen LogP contribution is -2.29. The number of ether oxygens (including phenoxy) is 2. The molecule has 0 amide bonds. The smallest absolute Gasteiger partial charge is 0.161 e. The summed E-state index contributed by atoms with van der Waals surface area (Å²) in [6.45, 7) is -0.427. The molecule has 2 aromatic rings. The molecule has 7 heteroatoms. The largest absolute Gasteiger partial charge is 0.504 e. The van der Waals surface area contributed by atoms with E-state index >= 15 is 0 Å². The summed E-state index contributed by atoms with van der Waals surface area (Å²) in [7, 11) is 1.39. The molecular weight excluding hydrogens is 340 g/mol. The van der Waals surface area contributed by atoms with E-state index < -0.39 is 18.8 Å². The maximum absolute atomic E-state index is 10.5. The van der Waals surface area contributed by atoms with E-state index in [0.29, 0.717) is 18.4 Å². The average Bonchev–Trinajstić information content (AvgIpc) is 2.65. The number of phenolic OH excluding ortho intramolecular Hbond substituents is 2. The number of hydrogen-bond acceptors (Lipinski definition) is 7. The first kappa shape index (κ1) is 19.8. The van der Waals surface area contributed by atoms with Crippen molar-refractivity contribution in [2.24, 2.45) is 0 Å². The fourth-order valence-electron chi connectivity index (χ4n) is 2.56. The standard InChI is InChI=1S/C19H24O7/c1-25-17-10-13(5-6-14(17)22)19(24)18(11-21)26-16-7-4-12(3-2-8-20)9-15(16)23/h4-7,9-10,18-24H,2-3,8,11H2,1H3/t18-,19+/m0/s1. The van der Waals surface area contributed by atoms with Gasteiger partial charge in [0.25, 0.3) is 0 Å². The molecule has 26 heavy (non-hydrogen) atoms. The molecule has 0 saturated carbocycles. The van der Waals surface area contributed by atoms with Gasteiger partial charge in [-0.05, 0) is 48.2 Å². The zero-order valence-electron chi connectivity index (χ0n) is 14.5. The second kappa shape index (κ2) is 9.28. The van der Waals surface area contributed by atoms with Crippen LogP contribution in [-0.4, -0.2) is 52.0 Å². The maximum atomic E-state index is 10.5. The lowest BCUT2D eigenvalue weighted by atomic mass is 10.0. The van der Waals surface area contributed by atoms with Gasteiger partial charge in [0.15, 0.2) is 29.1 Å². The van der Waals surface area contributed by atoms with Gasteiger partial charge in [-0.3, -0.25) is 0 Å². The van der Waals surface area contributed by atoms with Crippen molar-refractivity contribution in [3.8, 4) is 23.0 Å². The van der Waals surface area contributed by atoms with Gasteiger partial charge in [0, 0.05) is 6.61 Å². The second-order valence-corrected chi connectivity index (χ2v) is 5.84. The van der Waals surface area contributed by atoms with Gasteiger partial charge in [-0.15, -0.1) is 0 Å². The third-order valence-corrected chi connectivity index (χ3v) is 4.00. The molecule has 5 N–H and O–H groups in total. The van der Waals surface area contributed by atoms with Crippen LogP contribution < -0.4 is 9.47 Å². The van der Waals surface area contributed by atoms with Crippen LogP contribution in [0.25, 0.3) is 0 Å². The molecule has 0 heterocycles.